The molecule has 9 nitrogen and oxygen atoms in total. The number of pyridine rings is 1. The molecule has 2 unspecified atom stereocenters. The molecule has 5 N–H and O–H groups in total. The highest BCUT2D eigenvalue weighted by Gasteiger charge is 2.37. The Labute approximate surface area is 180 Å². The average molecular weight is 444 g/mol. The van der Waals surface area contributed by atoms with Crippen molar-refractivity contribution in [2.45, 2.75) is 36.4 Å². The third-order valence-corrected chi connectivity index (χ3v) is 7.48. The molecule has 2 aliphatic rings. The molecule has 2 saturated heterocycles. The second-order valence-electron chi connectivity index (χ2n) is 7.76. The minimum Gasteiger partial charge on any atom is -0.477 e. The summed E-state index contributed by atoms with van der Waals surface area (Å²) in [6.45, 7) is 1.59. The summed E-state index contributed by atoms with van der Waals surface area (Å²) < 4.78 is 26.8. The maximum atomic E-state index is 12.6. The topological polar surface area (TPSA) is 141 Å². The maximum absolute atomic E-state index is 12.6. The lowest BCUT2D eigenvalue weighted by atomic mass is 10.2. The second-order valence-corrected chi connectivity index (χ2v) is 9.70. The zero-order valence-electron chi connectivity index (χ0n) is 16.9. The third-order valence-electron chi connectivity index (χ3n) is 5.63. The van der Waals surface area contributed by atoms with E-state index in [-0.39, 0.29) is 5.69 Å². The van der Waals surface area contributed by atoms with Crippen molar-refractivity contribution in [1.29, 1.82) is 0 Å². The molecular weight excluding hydrogens is 418 g/mol. The molecule has 2 aliphatic heterocycles. The van der Waals surface area contributed by atoms with Crippen LogP contribution in [0.15, 0.2) is 53.7 Å². The van der Waals surface area contributed by atoms with Gasteiger partial charge in [0.1, 0.15) is 5.69 Å². The van der Waals surface area contributed by atoms with E-state index in [0.29, 0.717) is 36.6 Å². The standard InChI is InChI=1S/C13H19N3O2S.C8H6N2O2/c14-7-10-1-5-13(6-2-10)19(17,18)16-8-11-3-4-12(9-16)15-11;11-8(12)7-3-5-4-9-2-1-6(5)10-7/h1-2,5-6,11-12,15H,3-4,7-9,14H2;1-4,10H,(H,11,12). The summed E-state index contributed by atoms with van der Waals surface area (Å²) in [5, 5.41) is 12.9. The summed E-state index contributed by atoms with van der Waals surface area (Å²) in [4.78, 5) is 17.5. The van der Waals surface area contributed by atoms with Gasteiger partial charge in [0.25, 0.3) is 0 Å². The first-order valence-electron chi connectivity index (χ1n) is 10.1. The zero-order valence-corrected chi connectivity index (χ0v) is 17.7. The number of carbonyl (C=O) groups is 1. The number of hydrogen-bond acceptors (Lipinski definition) is 6. The van der Waals surface area contributed by atoms with Crippen LogP contribution in [0.1, 0.15) is 28.9 Å². The molecule has 2 bridgehead atoms. The Morgan fingerprint density at radius 1 is 1.16 bits per heavy atom. The SMILES string of the molecule is NCc1ccc(S(=O)(=O)N2CC3CCC(C2)N3)cc1.O=C(O)c1cc2cnccc2[nH]1. The molecule has 0 aliphatic carbocycles. The summed E-state index contributed by atoms with van der Waals surface area (Å²) in [6, 6.07) is 10.8. The lowest BCUT2D eigenvalue weighted by molar-refractivity contribution is 0.0691. The molecular formula is C21H25N5O4S. The van der Waals surface area contributed by atoms with Crippen LogP contribution in [0.4, 0.5) is 0 Å². The number of nitrogens with two attached hydrogens (primary N) is 1. The highest BCUT2D eigenvalue weighted by atomic mass is 32.2. The van der Waals surface area contributed by atoms with Crippen molar-refractivity contribution in [2.24, 2.45) is 5.73 Å². The van der Waals surface area contributed by atoms with Gasteiger partial charge < -0.3 is 21.1 Å². The highest BCUT2D eigenvalue weighted by Crippen LogP contribution is 2.25. The number of benzene rings is 1. The zero-order chi connectivity index (χ0) is 22.0. The lowest BCUT2D eigenvalue weighted by Crippen LogP contribution is -2.52. The first kappa shape index (κ1) is 21.4. The van der Waals surface area contributed by atoms with E-state index in [4.69, 9.17) is 10.8 Å². The molecule has 10 heteroatoms. The number of nitrogens with zero attached hydrogens (tertiary/aromatic N) is 2. The van der Waals surface area contributed by atoms with E-state index in [0.717, 1.165) is 29.3 Å². The molecule has 2 aromatic heterocycles. The Morgan fingerprint density at radius 2 is 1.84 bits per heavy atom. The van der Waals surface area contributed by atoms with Crippen LogP contribution in [-0.2, 0) is 16.6 Å². The van der Waals surface area contributed by atoms with E-state index >= 15 is 0 Å². The van der Waals surface area contributed by atoms with Gasteiger partial charge in [-0.05, 0) is 42.7 Å². The van der Waals surface area contributed by atoms with Gasteiger partial charge in [0.15, 0.2) is 0 Å². The van der Waals surface area contributed by atoms with Crippen molar-refractivity contribution in [2.75, 3.05) is 13.1 Å². The van der Waals surface area contributed by atoms with Gasteiger partial charge in [-0.15, -0.1) is 0 Å². The predicted octanol–water partition coefficient (Wildman–Crippen LogP) is 1.53. The molecule has 164 valence electrons. The Kier molecular flexibility index (Phi) is 6.05. The number of aromatic carboxylic acids is 1. The number of fused-ring (bicyclic) bond motifs is 3. The Morgan fingerprint density at radius 3 is 2.42 bits per heavy atom. The van der Waals surface area contributed by atoms with Crippen LogP contribution in [0.3, 0.4) is 0 Å². The Balaban J connectivity index is 0.000000166. The van der Waals surface area contributed by atoms with E-state index in [1.165, 1.54) is 0 Å². The third kappa shape index (κ3) is 4.62. The molecule has 4 heterocycles. The number of piperazine rings is 1. The highest BCUT2D eigenvalue weighted by molar-refractivity contribution is 7.89. The molecule has 0 spiro atoms. The van der Waals surface area contributed by atoms with Crippen molar-refractivity contribution < 1.29 is 18.3 Å². The minimum absolute atomic E-state index is 0.193. The molecule has 1 aromatic carbocycles. The molecule has 31 heavy (non-hydrogen) atoms. The fourth-order valence-corrected chi connectivity index (χ4v) is 5.52. The van der Waals surface area contributed by atoms with Gasteiger partial charge in [0.2, 0.25) is 10.0 Å². The van der Waals surface area contributed by atoms with Crippen molar-refractivity contribution in [3.05, 3.63) is 60.0 Å². The predicted molar refractivity (Wildman–Crippen MR) is 116 cm³/mol. The molecule has 2 atom stereocenters. The first-order chi connectivity index (χ1) is 14.9. The minimum atomic E-state index is -3.36. The summed E-state index contributed by atoms with van der Waals surface area (Å²) in [5.41, 5.74) is 7.46. The van der Waals surface area contributed by atoms with Crippen LogP contribution in [0.5, 0.6) is 0 Å². The number of aromatic nitrogens is 2. The Bertz CT molecular complexity index is 1130. The van der Waals surface area contributed by atoms with Gasteiger partial charge in [-0.1, -0.05) is 12.1 Å². The van der Waals surface area contributed by atoms with Crippen molar-refractivity contribution >= 4 is 26.9 Å². The normalized spacial score (nSPS) is 20.9. The van der Waals surface area contributed by atoms with Gasteiger partial charge in [0, 0.05) is 55.0 Å². The van der Waals surface area contributed by atoms with E-state index in [1.807, 2.05) is 0 Å². The van der Waals surface area contributed by atoms with Gasteiger partial charge in [0.05, 0.1) is 4.90 Å². The van der Waals surface area contributed by atoms with Crippen LogP contribution in [0, 0.1) is 0 Å². The second kappa shape index (κ2) is 8.75. The maximum Gasteiger partial charge on any atom is 0.352 e. The molecule has 5 rings (SSSR count). The van der Waals surface area contributed by atoms with Crippen molar-refractivity contribution in [3.8, 4) is 0 Å². The van der Waals surface area contributed by atoms with Crippen molar-refractivity contribution in [3.63, 3.8) is 0 Å². The number of sulfonamides is 1. The number of carboxylic acid groups (broad SMARTS) is 1. The lowest BCUT2D eigenvalue weighted by Gasteiger charge is -2.31. The number of aromatic amines is 1. The molecule has 0 saturated carbocycles. The number of carboxylic acids is 1. The van der Waals surface area contributed by atoms with Gasteiger partial charge in [-0.25, -0.2) is 13.2 Å². The first-order valence-corrected chi connectivity index (χ1v) is 11.5. The van der Waals surface area contributed by atoms with Crippen LogP contribution in [-0.4, -0.2) is 58.9 Å². The van der Waals surface area contributed by atoms with Crippen molar-refractivity contribution in [1.82, 2.24) is 19.6 Å². The fraction of sp³-hybridized carbons (Fsp3) is 0.333. The van der Waals surface area contributed by atoms with Crippen LogP contribution in [0.2, 0.25) is 0 Å². The number of H-pyrrole nitrogens is 1. The monoisotopic (exact) mass is 443 g/mol. The van der Waals surface area contributed by atoms with E-state index in [9.17, 15) is 13.2 Å². The summed E-state index contributed by atoms with van der Waals surface area (Å²) >= 11 is 0. The smallest absolute Gasteiger partial charge is 0.352 e. The quantitative estimate of drug-likeness (QED) is 0.479. The number of nitrogens with one attached hydrogen (secondary N) is 2. The fourth-order valence-electron chi connectivity index (χ4n) is 3.99. The molecule has 0 radical (unpaired) electrons. The van der Waals surface area contributed by atoms with Gasteiger partial charge in [-0.2, -0.15) is 4.31 Å². The van der Waals surface area contributed by atoms with Gasteiger partial charge in [-0.3, -0.25) is 4.98 Å². The molecule has 3 aromatic rings. The number of rotatable bonds is 4. The average Bonchev–Trinajstić information content (AvgIpc) is 3.37. The van der Waals surface area contributed by atoms with Crippen LogP contribution in [0.25, 0.3) is 10.9 Å². The van der Waals surface area contributed by atoms with E-state index < -0.39 is 16.0 Å². The number of hydrogen-bond donors (Lipinski definition) is 4. The molecule has 2 fully saturated rings. The van der Waals surface area contributed by atoms with Crippen LogP contribution >= 0.6 is 0 Å². The largest absolute Gasteiger partial charge is 0.477 e. The molecule has 0 amide bonds. The Hall–Kier alpha value is -2.79. The van der Waals surface area contributed by atoms with E-state index in [2.05, 4.69) is 15.3 Å². The summed E-state index contributed by atoms with van der Waals surface area (Å²) in [6.07, 6.45) is 5.38. The van der Waals surface area contributed by atoms with E-state index in [1.54, 1.807) is 53.1 Å². The van der Waals surface area contributed by atoms with Crippen LogP contribution < -0.4 is 11.1 Å². The summed E-state index contributed by atoms with van der Waals surface area (Å²) in [7, 11) is -3.36. The van der Waals surface area contributed by atoms with Gasteiger partial charge >= 0.3 is 5.97 Å². The summed E-state index contributed by atoms with van der Waals surface area (Å²) in [5.74, 6) is -0.953.